The fraction of sp³-hybridized carbons (Fsp3) is 0.125. The van der Waals surface area contributed by atoms with Crippen LogP contribution >= 0.6 is 0 Å². The molecule has 2 aromatic carbocycles. The summed E-state index contributed by atoms with van der Waals surface area (Å²) in [5.41, 5.74) is 9.33. The van der Waals surface area contributed by atoms with Gasteiger partial charge in [0.2, 0.25) is 5.88 Å². The zero-order valence-corrected chi connectivity index (χ0v) is 11.2. The molecule has 2 N–H and O–H groups in total. The molecule has 4 nitrogen and oxygen atoms in total. The van der Waals surface area contributed by atoms with Crippen molar-refractivity contribution in [2.24, 2.45) is 5.73 Å². The largest absolute Gasteiger partial charge is 0.438 e. The predicted octanol–water partition coefficient (Wildman–Crippen LogP) is 3.26. The minimum atomic E-state index is -0.254. The third-order valence-electron chi connectivity index (χ3n) is 3.81. The molecule has 1 unspecified atom stereocenters. The summed E-state index contributed by atoms with van der Waals surface area (Å²) in [6, 6.07) is 18.2. The van der Waals surface area contributed by atoms with Gasteiger partial charge in [-0.2, -0.15) is 0 Å². The lowest BCUT2D eigenvalue weighted by molar-refractivity contribution is 0.582. The normalized spacial score (nSPS) is 17.8. The number of hydrogen-bond donors (Lipinski definition) is 1. The highest BCUT2D eigenvalue weighted by atomic mass is 16.4. The van der Waals surface area contributed by atoms with Crippen molar-refractivity contribution >= 4 is 28.2 Å². The molecule has 0 aliphatic carbocycles. The van der Waals surface area contributed by atoms with Crippen LogP contribution in [0.15, 0.2) is 59.0 Å². The number of nitrogens with zero attached hydrogens (tertiary/aromatic N) is 2. The summed E-state index contributed by atoms with van der Waals surface area (Å²) in [5, 5.41) is 1.09. The first kappa shape index (κ1) is 11.4. The van der Waals surface area contributed by atoms with Crippen LogP contribution in [0.3, 0.4) is 0 Å². The molecule has 0 radical (unpaired) electrons. The molecular formula is C16H15N3O. The van der Waals surface area contributed by atoms with E-state index in [1.807, 2.05) is 48.3 Å². The smallest absolute Gasteiger partial charge is 0.223 e. The Morgan fingerprint density at radius 2 is 1.70 bits per heavy atom. The quantitative estimate of drug-likeness (QED) is 0.733. The first-order valence-electron chi connectivity index (χ1n) is 6.61. The van der Waals surface area contributed by atoms with Gasteiger partial charge in [0.25, 0.3) is 0 Å². The fourth-order valence-electron chi connectivity index (χ4n) is 2.79. The molecule has 1 atom stereocenters. The first-order chi connectivity index (χ1) is 9.77. The predicted molar refractivity (Wildman–Crippen MR) is 81.2 cm³/mol. The van der Waals surface area contributed by atoms with Gasteiger partial charge in [-0.3, -0.25) is 5.73 Å². The summed E-state index contributed by atoms with van der Waals surface area (Å²) < 4.78 is 5.95. The van der Waals surface area contributed by atoms with Crippen LogP contribution in [0, 0.1) is 0 Å². The molecule has 0 amide bonds. The second-order valence-corrected chi connectivity index (χ2v) is 4.98. The van der Waals surface area contributed by atoms with Gasteiger partial charge in [-0.15, -0.1) is 0 Å². The Hall–Kier alpha value is -2.46. The van der Waals surface area contributed by atoms with E-state index in [1.54, 1.807) is 0 Å². The maximum Gasteiger partial charge on any atom is 0.223 e. The van der Waals surface area contributed by atoms with E-state index in [0.717, 1.165) is 28.2 Å². The minimum Gasteiger partial charge on any atom is -0.438 e. The van der Waals surface area contributed by atoms with Gasteiger partial charge in [-0.1, -0.05) is 30.3 Å². The molecule has 0 saturated heterocycles. The molecule has 2 heterocycles. The number of anilines is 3. The zero-order valence-electron chi connectivity index (χ0n) is 11.2. The standard InChI is InChI=1S/C16H15N3O/c1-18-15-14(12-9-5-6-10-13(12)20-15)19(16(18)17)11-7-3-2-4-8-11/h2-10,16H,17H2,1H3. The molecule has 20 heavy (non-hydrogen) atoms. The van der Waals surface area contributed by atoms with Crippen molar-refractivity contribution in [1.29, 1.82) is 0 Å². The zero-order chi connectivity index (χ0) is 13.7. The van der Waals surface area contributed by atoms with Crippen LogP contribution in [0.5, 0.6) is 0 Å². The number of hydrogen-bond acceptors (Lipinski definition) is 4. The Balaban J connectivity index is 1.99. The van der Waals surface area contributed by atoms with Gasteiger partial charge in [-0.05, 0) is 24.3 Å². The van der Waals surface area contributed by atoms with Crippen LogP contribution in [0.2, 0.25) is 0 Å². The summed E-state index contributed by atoms with van der Waals surface area (Å²) in [6.07, 6.45) is -0.254. The van der Waals surface area contributed by atoms with Gasteiger partial charge < -0.3 is 14.2 Å². The van der Waals surface area contributed by atoms with E-state index in [2.05, 4.69) is 23.1 Å². The summed E-state index contributed by atoms with van der Waals surface area (Å²) in [7, 11) is 1.95. The molecule has 4 heteroatoms. The highest BCUT2D eigenvalue weighted by Gasteiger charge is 2.37. The average Bonchev–Trinajstić information content (AvgIpc) is 2.97. The molecule has 4 rings (SSSR count). The van der Waals surface area contributed by atoms with Gasteiger partial charge in [0.15, 0.2) is 6.29 Å². The lowest BCUT2D eigenvalue weighted by Crippen LogP contribution is -2.46. The Morgan fingerprint density at radius 3 is 2.50 bits per heavy atom. The van der Waals surface area contributed by atoms with Crippen molar-refractivity contribution in [3.8, 4) is 0 Å². The Morgan fingerprint density at radius 1 is 1.00 bits per heavy atom. The highest BCUT2D eigenvalue weighted by molar-refractivity contribution is 6.02. The third-order valence-corrected chi connectivity index (χ3v) is 3.81. The molecular weight excluding hydrogens is 250 g/mol. The maximum atomic E-state index is 6.33. The SMILES string of the molecule is CN1c2oc3ccccc3c2N(c2ccccc2)C1N. The van der Waals surface area contributed by atoms with Gasteiger partial charge in [0.1, 0.15) is 11.3 Å². The monoisotopic (exact) mass is 265 g/mol. The van der Waals surface area contributed by atoms with E-state index in [-0.39, 0.29) is 6.29 Å². The van der Waals surface area contributed by atoms with Crippen molar-refractivity contribution in [1.82, 2.24) is 0 Å². The highest BCUT2D eigenvalue weighted by Crippen LogP contribution is 2.48. The lowest BCUT2D eigenvalue weighted by Gasteiger charge is -2.27. The Bertz CT molecular complexity index is 766. The number of para-hydroxylation sites is 2. The molecule has 0 spiro atoms. The molecule has 0 fully saturated rings. The van der Waals surface area contributed by atoms with E-state index in [9.17, 15) is 0 Å². The van der Waals surface area contributed by atoms with Crippen molar-refractivity contribution in [3.05, 3.63) is 54.6 Å². The van der Waals surface area contributed by atoms with E-state index >= 15 is 0 Å². The van der Waals surface area contributed by atoms with E-state index in [0.29, 0.717) is 0 Å². The van der Waals surface area contributed by atoms with Crippen LogP contribution in [-0.2, 0) is 0 Å². The third kappa shape index (κ3) is 1.39. The number of rotatable bonds is 1. The second kappa shape index (κ2) is 4.02. The van der Waals surface area contributed by atoms with Crippen molar-refractivity contribution < 1.29 is 4.42 Å². The topological polar surface area (TPSA) is 45.6 Å². The molecule has 100 valence electrons. The number of benzene rings is 2. The van der Waals surface area contributed by atoms with Crippen molar-refractivity contribution in [3.63, 3.8) is 0 Å². The Labute approximate surface area is 117 Å². The molecule has 0 bridgehead atoms. The molecule has 1 aromatic heterocycles. The van der Waals surface area contributed by atoms with E-state index in [1.165, 1.54) is 0 Å². The number of nitrogens with two attached hydrogens (primary N) is 1. The van der Waals surface area contributed by atoms with Crippen LogP contribution in [0.4, 0.5) is 17.3 Å². The fourth-order valence-corrected chi connectivity index (χ4v) is 2.79. The summed E-state index contributed by atoms with van der Waals surface area (Å²) >= 11 is 0. The van der Waals surface area contributed by atoms with Gasteiger partial charge in [0.05, 0.1) is 0 Å². The molecule has 3 aromatic rings. The Kier molecular flexibility index (Phi) is 2.28. The van der Waals surface area contributed by atoms with Gasteiger partial charge >= 0.3 is 0 Å². The molecule has 0 saturated carbocycles. The lowest BCUT2D eigenvalue weighted by atomic mass is 10.2. The van der Waals surface area contributed by atoms with E-state index < -0.39 is 0 Å². The van der Waals surface area contributed by atoms with Crippen molar-refractivity contribution in [2.45, 2.75) is 6.29 Å². The average molecular weight is 265 g/mol. The summed E-state index contributed by atoms with van der Waals surface area (Å²) in [4.78, 5) is 4.07. The van der Waals surface area contributed by atoms with Crippen LogP contribution in [0.25, 0.3) is 11.0 Å². The van der Waals surface area contributed by atoms with Crippen LogP contribution < -0.4 is 15.5 Å². The number of fused-ring (bicyclic) bond motifs is 3. The minimum absolute atomic E-state index is 0.254. The maximum absolute atomic E-state index is 6.33. The molecule has 1 aliphatic heterocycles. The van der Waals surface area contributed by atoms with Gasteiger partial charge in [0, 0.05) is 18.1 Å². The van der Waals surface area contributed by atoms with Gasteiger partial charge in [-0.25, -0.2) is 0 Å². The number of furan rings is 1. The van der Waals surface area contributed by atoms with Crippen LogP contribution in [-0.4, -0.2) is 13.3 Å². The van der Waals surface area contributed by atoms with Crippen molar-refractivity contribution in [2.75, 3.05) is 16.8 Å². The first-order valence-corrected chi connectivity index (χ1v) is 6.61. The summed E-state index contributed by atoms with van der Waals surface area (Å²) in [5.74, 6) is 0.822. The van der Waals surface area contributed by atoms with E-state index in [4.69, 9.17) is 10.2 Å². The second-order valence-electron chi connectivity index (χ2n) is 4.98. The van der Waals surface area contributed by atoms with Crippen LogP contribution in [0.1, 0.15) is 0 Å². The molecule has 1 aliphatic rings. The summed E-state index contributed by atoms with van der Waals surface area (Å²) in [6.45, 7) is 0.